The Morgan fingerprint density at radius 2 is 2.26 bits per heavy atom. The zero-order valence-electron chi connectivity index (χ0n) is 13.6. The molecule has 0 aliphatic heterocycles. The van der Waals surface area contributed by atoms with E-state index in [2.05, 4.69) is 32.6 Å². The zero-order valence-corrected chi connectivity index (χ0v) is 13.6. The zero-order chi connectivity index (χ0) is 16.2. The van der Waals surface area contributed by atoms with Gasteiger partial charge in [-0.1, -0.05) is 19.8 Å². The van der Waals surface area contributed by atoms with Crippen molar-refractivity contribution in [2.45, 2.75) is 38.6 Å². The van der Waals surface area contributed by atoms with Crippen LogP contribution in [-0.2, 0) is 7.05 Å². The first-order valence-corrected chi connectivity index (χ1v) is 8.04. The first-order valence-electron chi connectivity index (χ1n) is 8.04. The molecule has 3 rings (SSSR count). The highest BCUT2D eigenvalue weighted by molar-refractivity contribution is 5.84. The third-order valence-corrected chi connectivity index (χ3v) is 4.21. The highest BCUT2D eigenvalue weighted by atomic mass is 15.3. The second-order valence-electron chi connectivity index (χ2n) is 6.28. The Bertz CT molecular complexity index is 685. The molecule has 0 spiro atoms. The van der Waals surface area contributed by atoms with Gasteiger partial charge in [0.25, 0.3) is 0 Å². The first kappa shape index (κ1) is 15.5. The van der Waals surface area contributed by atoms with Crippen LogP contribution in [0.25, 0.3) is 0 Å². The second kappa shape index (κ2) is 6.76. The molecule has 3 N–H and O–H groups in total. The summed E-state index contributed by atoms with van der Waals surface area (Å²) in [6.07, 6.45) is 11.4. The summed E-state index contributed by atoms with van der Waals surface area (Å²) >= 11 is 0. The molecular weight excluding hydrogens is 290 g/mol. The fourth-order valence-corrected chi connectivity index (χ4v) is 3.05. The van der Waals surface area contributed by atoms with Gasteiger partial charge in [-0.05, 0) is 18.8 Å². The van der Waals surface area contributed by atoms with E-state index in [-0.39, 0.29) is 1.43 Å². The summed E-state index contributed by atoms with van der Waals surface area (Å²) in [7, 11) is 1.86. The lowest BCUT2D eigenvalue weighted by Crippen LogP contribution is -2.27. The van der Waals surface area contributed by atoms with Crippen molar-refractivity contribution in [3.8, 4) is 0 Å². The van der Waals surface area contributed by atoms with E-state index >= 15 is 0 Å². The molecule has 23 heavy (non-hydrogen) atoms. The van der Waals surface area contributed by atoms with E-state index in [4.69, 9.17) is 5.41 Å². The van der Waals surface area contributed by atoms with E-state index in [0.29, 0.717) is 17.6 Å². The molecule has 0 aromatic carbocycles. The maximum atomic E-state index is 7.56. The Balaban J connectivity index is 0.00000208. The van der Waals surface area contributed by atoms with E-state index in [0.717, 1.165) is 30.3 Å². The molecule has 2 aromatic rings. The van der Waals surface area contributed by atoms with Crippen molar-refractivity contribution in [3.05, 3.63) is 24.2 Å². The molecule has 0 radical (unpaired) electrons. The van der Waals surface area contributed by atoms with Crippen molar-refractivity contribution in [2.24, 2.45) is 13.0 Å². The Kier molecular flexibility index (Phi) is 4.55. The number of nitrogens with zero attached hydrogens (tertiary/aromatic N) is 4. The Morgan fingerprint density at radius 3 is 2.96 bits per heavy atom. The molecule has 1 fully saturated rings. The fraction of sp³-hybridized carbons (Fsp3) is 0.500. The van der Waals surface area contributed by atoms with Gasteiger partial charge in [0.2, 0.25) is 5.95 Å². The molecule has 2 unspecified atom stereocenters. The summed E-state index contributed by atoms with van der Waals surface area (Å²) in [5, 5.41) is 18.3. The highest BCUT2D eigenvalue weighted by Crippen LogP contribution is 2.27. The van der Waals surface area contributed by atoms with Crippen LogP contribution in [0.15, 0.2) is 18.6 Å². The third-order valence-electron chi connectivity index (χ3n) is 4.21. The van der Waals surface area contributed by atoms with Crippen molar-refractivity contribution in [2.75, 3.05) is 10.6 Å². The first-order chi connectivity index (χ1) is 11.1. The average Bonchev–Trinajstić information content (AvgIpc) is 2.93. The van der Waals surface area contributed by atoms with Crippen molar-refractivity contribution in [1.82, 2.24) is 19.7 Å². The lowest BCUT2D eigenvalue weighted by atomic mass is 9.87. The number of nitrogens with one attached hydrogen (secondary N) is 3. The Labute approximate surface area is 137 Å². The van der Waals surface area contributed by atoms with E-state index < -0.39 is 0 Å². The number of hydrogen-bond acceptors (Lipinski definition) is 6. The maximum absolute atomic E-state index is 7.56. The molecule has 124 valence electrons. The van der Waals surface area contributed by atoms with E-state index in [9.17, 15) is 0 Å². The summed E-state index contributed by atoms with van der Waals surface area (Å²) in [6, 6.07) is 0.415. The summed E-state index contributed by atoms with van der Waals surface area (Å²) in [4.78, 5) is 8.82. The molecule has 0 bridgehead atoms. The summed E-state index contributed by atoms with van der Waals surface area (Å²) in [5.41, 5.74) is 1.55. The number of anilines is 3. The van der Waals surface area contributed by atoms with Gasteiger partial charge in [0.15, 0.2) is 0 Å². The second-order valence-corrected chi connectivity index (χ2v) is 6.28. The van der Waals surface area contributed by atoms with Crippen LogP contribution in [0.3, 0.4) is 0 Å². The van der Waals surface area contributed by atoms with Gasteiger partial charge >= 0.3 is 0 Å². The van der Waals surface area contributed by atoms with Crippen LogP contribution in [0.2, 0.25) is 0 Å². The molecule has 1 aliphatic rings. The standard InChI is InChI=1S/C16H23N7.H2/c1-11-4-3-5-13(6-11)20-15-12(7-17)8-18-16(22-15)21-14-9-19-23(2)10-14;/h7-11,13,17H,3-6H2,1-2H3,(H2,18,20,21,22);1H. The number of aryl methyl sites for hydroxylation is 1. The van der Waals surface area contributed by atoms with Gasteiger partial charge in [-0.2, -0.15) is 10.1 Å². The largest absolute Gasteiger partial charge is 0.367 e. The van der Waals surface area contributed by atoms with Crippen LogP contribution >= 0.6 is 0 Å². The van der Waals surface area contributed by atoms with Crippen LogP contribution in [0.5, 0.6) is 0 Å². The van der Waals surface area contributed by atoms with E-state index in [1.807, 2.05) is 13.2 Å². The Morgan fingerprint density at radius 1 is 1.39 bits per heavy atom. The lowest BCUT2D eigenvalue weighted by Gasteiger charge is -2.28. The van der Waals surface area contributed by atoms with Gasteiger partial charge in [0.1, 0.15) is 5.82 Å². The summed E-state index contributed by atoms with van der Waals surface area (Å²) in [6.45, 7) is 2.29. The minimum Gasteiger partial charge on any atom is -0.367 e. The smallest absolute Gasteiger partial charge is 0.229 e. The van der Waals surface area contributed by atoms with Gasteiger partial charge in [0.05, 0.1) is 17.4 Å². The predicted octanol–water partition coefficient (Wildman–Crippen LogP) is 3.19. The lowest BCUT2D eigenvalue weighted by molar-refractivity contribution is 0.358. The normalized spacial score (nSPS) is 21.0. The van der Waals surface area contributed by atoms with Gasteiger partial charge < -0.3 is 16.0 Å². The number of rotatable bonds is 5. The van der Waals surface area contributed by atoms with E-state index in [1.165, 1.54) is 19.1 Å². The summed E-state index contributed by atoms with van der Waals surface area (Å²) in [5.74, 6) is 1.97. The third kappa shape index (κ3) is 3.85. The van der Waals surface area contributed by atoms with Crippen molar-refractivity contribution in [1.29, 1.82) is 5.41 Å². The molecule has 1 aliphatic carbocycles. The molecular formula is C16H25N7. The van der Waals surface area contributed by atoms with Gasteiger partial charge in [-0.3, -0.25) is 4.68 Å². The molecule has 2 aromatic heterocycles. The average molecular weight is 315 g/mol. The molecule has 2 heterocycles. The SMILES string of the molecule is CC1CCCC(Nc2nc(Nc3cnn(C)c3)ncc2C=N)C1.[HH]. The molecule has 2 atom stereocenters. The quantitative estimate of drug-likeness (QED) is 0.737. The molecule has 1 saturated carbocycles. The predicted molar refractivity (Wildman–Crippen MR) is 93.6 cm³/mol. The highest BCUT2D eigenvalue weighted by Gasteiger charge is 2.20. The van der Waals surface area contributed by atoms with Crippen LogP contribution in [0, 0.1) is 11.3 Å². The van der Waals surface area contributed by atoms with Gasteiger partial charge in [-0.15, -0.1) is 0 Å². The van der Waals surface area contributed by atoms with Crippen molar-refractivity contribution >= 4 is 23.7 Å². The summed E-state index contributed by atoms with van der Waals surface area (Å²) < 4.78 is 1.72. The van der Waals surface area contributed by atoms with E-state index in [1.54, 1.807) is 17.1 Å². The minimum atomic E-state index is 0. The van der Waals surface area contributed by atoms with Gasteiger partial charge in [-0.25, -0.2) is 4.98 Å². The fourth-order valence-electron chi connectivity index (χ4n) is 3.05. The van der Waals surface area contributed by atoms with Crippen molar-refractivity contribution < 1.29 is 1.43 Å². The number of aromatic nitrogens is 4. The van der Waals surface area contributed by atoms with Gasteiger partial charge in [0, 0.05) is 33.1 Å². The minimum absolute atomic E-state index is 0. The van der Waals surface area contributed by atoms with Crippen molar-refractivity contribution in [3.63, 3.8) is 0 Å². The monoisotopic (exact) mass is 315 g/mol. The van der Waals surface area contributed by atoms with Crippen LogP contribution < -0.4 is 10.6 Å². The molecule has 0 amide bonds. The molecule has 7 nitrogen and oxygen atoms in total. The molecule has 7 heteroatoms. The van der Waals surface area contributed by atoms with Crippen LogP contribution in [-0.4, -0.2) is 32.0 Å². The Hall–Kier alpha value is -2.44. The topological polar surface area (TPSA) is 91.5 Å². The number of hydrogen-bond donors (Lipinski definition) is 3. The van der Waals surface area contributed by atoms with Crippen LogP contribution in [0.4, 0.5) is 17.5 Å². The maximum Gasteiger partial charge on any atom is 0.229 e. The van der Waals surface area contributed by atoms with Crippen LogP contribution in [0.1, 0.15) is 39.6 Å². The molecule has 0 saturated heterocycles.